The summed E-state index contributed by atoms with van der Waals surface area (Å²) in [6, 6.07) is 4.27. The monoisotopic (exact) mass is 415 g/mol. The number of benzene rings is 1. The number of carbonyl (C=O) groups excluding carboxylic acids is 2. The van der Waals surface area contributed by atoms with Gasteiger partial charge in [0.1, 0.15) is 0 Å². The molecular formula is C22H29N3O5. The van der Waals surface area contributed by atoms with Crippen molar-refractivity contribution in [2.75, 3.05) is 37.7 Å². The molecule has 8 nitrogen and oxygen atoms in total. The van der Waals surface area contributed by atoms with Crippen molar-refractivity contribution >= 4 is 23.3 Å². The molecule has 0 aromatic heterocycles. The zero-order valence-electron chi connectivity index (χ0n) is 17.3. The molecule has 0 bridgehead atoms. The number of esters is 1. The zero-order valence-corrected chi connectivity index (χ0v) is 17.3. The van der Waals surface area contributed by atoms with Crippen LogP contribution in [0.2, 0.25) is 0 Å². The smallest absolute Gasteiger partial charge is 0.341 e. The molecule has 1 aromatic carbocycles. The van der Waals surface area contributed by atoms with Gasteiger partial charge in [-0.05, 0) is 43.6 Å². The van der Waals surface area contributed by atoms with Gasteiger partial charge in [-0.15, -0.1) is 0 Å². The molecule has 1 aliphatic carbocycles. The number of amides is 1. The third-order valence-electron chi connectivity index (χ3n) is 6.83. The number of rotatable bonds is 5. The van der Waals surface area contributed by atoms with E-state index in [-0.39, 0.29) is 23.8 Å². The molecule has 3 aliphatic rings. The summed E-state index contributed by atoms with van der Waals surface area (Å²) in [6.07, 6.45) is 7.99. The Balaban J connectivity index is 1.41. The SMILES string of the molecule is O=C(OCC(=O)N1CC[C@H]2CCCC[C@H]2C1)c1cc([N+](=O)[O-])ccc1N1CCCC1. The van der Waals surface area contributed by atoms with E-state index in [4.69, 9.17) is 4.74 Å². The number of anilines is 1. The molecule has 0 radical (unpaired) electrons. The van der Waals surface area contributed by atoms with Crippen LogP contribution in [0.1, 0.15) is 55.3 Å². The molecule has 2 saturated heterocycles. The van der Waals surface area contributed by atoms with E-state index >= 15 is 0 Å². The number of hydrogen-bond acceptors (Lipinski definition) is 6. The van der Waals surface area contributed by atoms with Crippen LogP contribution in [0.15, 0.2) is 18.2 Å². The van der Waals surface area contributed by atoms with Crippen LogP contribution in [0, 0.1) is 22.0 Å². The Hall–Kier alpha value is -2.64. The highest BCUT2D eigenvalue weighted by Gasteiger charge is 2.33. The van der Waals surface area contributed by atoms with Crippen molar-refractivity contribution in [2.45, 2.75) is 44.9 Å². The summed E-state index contributed by atoms with van der Waals surface area (Å²) >= 11 is 0. The first-order valence-electron chi connectivity index (χ1n) is 11.0. The Morgan fingerprint density at radius 1 is 1.03 bits per heavy atom. The summed E-state index contributed by atoms with van der Waals surface area (Å²) < 4.78 is 5.33. The van der Waals surface area contributed by atoms with Crippen LogP contribution in [-0.2, 0) is 9.53 Å². The minimum atomic E-state index is -0.679. The summed E-state index contributed by atoms with van der Waals surface area (Å²) in [5, 5.41) is 11.2. The number of ether oxygens (including phenoxy) is 1. The normalized spacial score (nSPS) is 23.7. The third kappa shape index (κ3) is 4.42. The van der Waals surface area contributed by atoms with Crippen LogP contribution in [0.3, 0.4) is 0 Å². The molecule has 4 rings (SSSR count). The van der Waals surface area contributed by atoms with Crippen LogP contribution in [0.4, 0.5) is 11.4 Å². The Bertz CT molecular complexity index is 821. The van der Waals surface area contributed by atoms with E-state index in [1.54, 1.807) is 6.07 Å². The van der Waals surface area contributed by atoms with Crippen molar-refractivity contribution in [2.24, 2.45) is 11.8 Å². The Kier molecular flexibility index (Phi) is 6.20. The van der Waals surface area contributed by atoms with Gasteiger partial charge in [0.05, 0.1) is 16.2 Å². The molecule has 1 aromatic rings. The Morgan fingerprint density at radius 3 is 2.50 bits per heavy atom. The number of non-ortho nitro benzene ring substituents is 1. The molecule has 0 unspecified atom stereocenters. The standard InChI is InChI=1S/C22H29N3O5/c26-21(24-12-9-16-5-1-2-6-17(16)14-24)15-30-22(27)19-13-18(25(28)29)7-8-20(19)23-10-3-4-11-23/h7-8,13,16-17H,1-6,9-12,14-15H2/t16-,17+/m1/s1. The average molecular weight is 415 g/mol. The van der Waals surface area contributed by atoms with Crippen LogP contribution >= 0.6 is 0 Å². The molecule has 1 saturated carbocycles. The highest BCUT2D eigenvalue weighted by molar-refractivity contribution is 5.97. The number of nitrogens with zero attached hydrogens (tertiary/aromatic N) is 3. The second-order valence-corrected chi connectivity index (χ2v) is 8.66. The van der Waals surface area contributed by atoms with Crippen LogP contribution in [0.25, 0.3) is 0 Å². The number of carbonyl (C=O) groups is 2. The molecular weight excluding hydrogens is 386 g/mol. The molecule has 1 amide bonds. The molecule has 8 heteroatoms. The molecule has 2 heterocycles. The fourth-order valence-electron chi connectivity index (χ4n) is 5.16. The van der Waals surface area contributed by atoms with Gasteiger partial charge in [0.2, 0.25) is 0 Å². The molecule has 2 aliphatic heterocycles. The van der Waals surface area contributed by atoms with Gasteiger partial charge in [-0.3, -0.25) is 14.9 Å². The van der Waals surface area contributed by atoms with E-state index in [2.05, 4.69) is 0 Å². The van der Waals surface area contributed by atoms with E-state index < -0.39 is 10.9 Å². The average Bonchev–Trinajstić information content (AvgIpc) is 3.31. The summed E-state index contributed by atoms with van der Waals surface area (Å²) in [6.45, 7) is 2.74. The quantitative estimate of drug-likeness (QED) is 0.416. The maximum Gasteiger partial charge on any atom is 0.341 e. The van der Waals surface area contributed by atoms with Crippen LogP contribution in [0.5, 0.6) is 0 Å². The first kappa shape index (κ1) is 20.6. The van der Waals surface area contributed by atoms with E-state index in [0.29, 0.717) is 18.2 Å². The van der Waals surface area contributed by atoms with Gasteiger partial charge in [0, 0.05) is 38.3 Å². The lowest BCUT2D eigenvalue weighted by atomic mass is 9.75. The number of nitro groups is 1. The number of fused-ring (bicyclic) bond motifs is 1. The molecule has 30 heavy (non-hydrogen) atoms. The summed E-state index contributed by atoms with van der Waals surface area (Å²) in [5.74, 6) is 0.422. The van der Waals surface area contributed by atoms with Gasteiger partial charge >= 0.3 is 5.97 Å². The lowest BCUT2D eigenvalue weighted by Crippen LogP contribution is -2.46. The third-order valence-corrected chi connectivity index (χ3v) is 6.83. The van der Waals surface area contributed by atoms with Gasteiger partial charge in [0.25, 0.3) is 11.6 Å². The number of likely N-dealkylation sites (tertiary alicyclic amines) is 1. The highest BCUT2D eigenvalue weighted by Crippen LogP contribution is 2.36. The van der Waals surface area contributed by atoms with E-state index in [1.807, 2.05) is 9.80 Å². The second-order valence-electron chi connectivity index (χ2n) is 8.66. The molecule has 2 atom stereocenters. The summed E-state index contributed by atoms with van der Waals surface area (Å²) in [5.41, 5.74) is 0.638. The zero-order chi connectivity index (χ0) is 21.1. The van der Waals surface area contributed by atoms with E-state index in [9.17, 15) is 19.7 Å². The highest BCUT2D eigenvalue weighted by atomic mass is 16.6. The summed E-state index contributed by atoms with van der Waals surface area (Å²) in [7, 11) is 0. The predicted molar refractivity (Wildman–Crippen MR) is 111 cm³/mol. The lowest BCUT2D eigenvalue weighted by Gasteiger charge is -2.41. The number of nitro benzene ring substituents is 1. The lowest BCUT2D eigenvalue weighted by molar-refractivity contribution is -0.384. The molecule has 0 N–H and O–H groups in total. The van der Waals surface area contributed by atoms with Gasteiger partial charge in [-0.2, -0.15) is 0 Å². The van der Waals surface area contributed by atoms with Crippen molar-refractivity contribution in [3.63, 3.8) is 0 Å². The fraction of sp³-hybridized carbons (Fsp3) is 0.636. The maximum absolute atomic E-state index is 12.8. The topological polar surface area (TPSA) is 93.0 Å². The first-order valence-corrected chi connectivity index (χ1v) is 11.0. The first-order chi connectivity index (χ1) is 14.5. The fourth-order valence-corrected chi connectivity index (χ4v) is 5.16. The van der Waals surface area contributed by atoms with E-state index in [0.717, 1.165) is 44.8 Å². The van der Waals surface area contributed by atoms with Crippen LogP contribution in [-0.4, -0.2) is 54.5 Å². The minimum Gasteiger partial charge on any atom is -0.452 e. The summed E-state index contributed by atoms with van der Waals surface area (Å²) in [4.78, 5) is 39.9. The minimum absolute atomic E-state index is 0.157. The molecule has 162 valence electrons. The largest absolute Gasteiger partial charge is 0.452 e. The van der Waals surface area contributed by atoms with E-state index in [1.165, 1.54) is 37.8 Å². The Morgan fingerprint density at radius 2 is 1.77 bits per heavy atom. The second kappa shape index (κ2) is 9.02. The van der Waals surface area contributed by atoms with Gasteiger partial charge in [-0.1, -0.05) is 19.3 Å². The van der Waals surface area contributed by atoms with Crippen molar-refractivity contribution in [1.82, 2.24) is 4.90 Å². The molecule has 0 spiro atoms. The van der Waals surface area contributed by atoms with Crippen molar-refractivity contribution in [1.29, 1.82) is 0 Å². The van der Waals surface area contributed by atoms with Gasteiger partial charge < -0.3 is 14.5 Å². The van der Waals surface area contributed by atoms with Gasteiger partial charge in [-0.25, -0.2) is 4.79 Å². The van der Waals surface area contributed by atoms with Crippen molar-refractivity contribution < 1.29 is 19.2 Å². The van der Waals surface area contributed by atoms with Crippen molar-refractivity contribution in [3.8, 4) is 0 Å². The number of piperidine rings is 1. The number of hydrogen-bond donors (Lipinski definition) is 0. The molecule has 3 fully saturated rings. The predicted octanol–water partition coefficient (Wildman–Crippen LogP) is 3.39. The van der Waals surface area contributed by atoms with Crippen molar-refractivity contribution in [3.05, 3.63) is 33.9 Å². The van der Waals surface area contributed by atoms with Gasteiger partial charge in [0.15, 0.2) is 6.61 Å². The maximum atomic E-state index is 12.8. The van der Waals surface area contributed by atoms with Crippen LogP contribution < -0.4 is 4.90 Å². The Labute approximate surface area is 176 Å².